The number of amides is 2. The predicted octanol–water partition coefficient (Wildman–Crippen LogP) is 3.85. The molecule has 0 bridgehead atoms. The SMILES string of the molecule is Cc1ccc(NC(=O)CCN(C[C@@H]2CCCO2)C(=O)c2cc(C)oc2C)cc1. The van der Waals surface area contributed by atoms with E-state index in [1.165, 1.54) is 0 Å². The first kappa shape index (κ1) is 20.1. The summed E-state index contributed by atoms with van der Waals surface area (Å²) in [6, 6.07) is 9.41. The quantitative estimate of drug-likeness (QED) is 0.787. The first-order valence-corrected chi connectivity index (χ1v) is 9.77. The van der Waals surface area contributed by atoms with Crippen molar-refractivity contribution in [2.24, 2.45) is 0 Å². The average Bonchev–Trinajstić information content (AvgIpc) is 3.29. The van der Waals surface area contributed by atoms with Gasteiger partial charge in [-0.3, -0.25) is 9.59 Å². The number of nitrogens with zero attached hydrogens (tertiary/aromatic N) is 1. The summed E-state index contributed by atoms with van der Waals surface area (Å²) in [6.45, 7) is 7.16. The van der Waals surface area contributed by atoms with Crippen molar-refractivity contribution in [3.05, 3.63) is 53.0 Å². The van der Waals surface area contributed by atoms with E-state index in [2.05, 4.69) is 5.32 Å². The second-order valence-electron chi connectivity index (χ2n) is 7.38. The average molecular weight is 384 g/mol. The summed E-state index contributed by atoms with van der Waals surface area (Å²) in [4.78, 5) is 27.1. The van der Waals surface area contributed by atoms with E-state index in [0.717, 1.165) is 30.7 Å². The van der Waals surface area contributed by atoms with Crippen LogP contribution in [0.1, 0.15) is 46.7 Å². The highest BCUT2D eigenvalue weighted by Crippen LogP contribution is 2.19. The van der Waals surface area contributed by atoms with E-state index in [4.69, 9.17) is 9.15 Å². The van der Waals surface area contributed by atoms with Gasteiger partial charge in [0.25, 0.3) is 5.91 Å². The van der Waals surface area contributed by atoms with Gasteiger partial charge in [0.2, 0.25) is 5.91 Å². The topological polar surface area (TPSA) is 71.8 Å². The second-order valence-corrected chi connectivity index (χ2v) is 7.38. The molecule has 1 aromatic carbocycles. The van der Waals surface area contributed by atoms with Gasteiger partial charge in [-0.05, 0) is 51.8 Å². The molecule has 0 radical (unpaired) electrons. The van der Waals surface area contributed by atoms with Crippen LogP contribution in [0.15, 0.2) is 34.7 Å². The molecule has 2 heterocycles. The minimum Gasteiger partial charge on any atom is -0.466 e. The van der Waals surface area contributed by atoms with Crippen molar-refractivity contribution >= 4 is 17.5 Å². The number of ether oxygens (including phenoxy) is 1. The molecular formula is C22H28N2O4. The fraction of sp³-hybridized carbons (Fsp3) is 0.455. The number of anilines is 1. The monoisotopic (exact) mass is 384 g/mol. The van der Waals surface area contributed by atoms with Crippen molar-refractivity contribution in [3.63, 3.8) is 0 Å². The molecule has 1 atom stereocenters. The van der Waals surface area contributed by atoms with Gasteiger partial charge < -0.3 is 19.4 Å². The highest BCUT2D eigenvalue weighted by atomic mass is 16.5. The summed E-state index contributed by atoms with van der Waals surface area (Å²) in [5.41, 5.74) is 2.44. The first-order chi connectivity index (χ1) is 13.4. The lowest BCUT2D eigenvalue weighted by Gasteiger charge is -2.25. The van der Waals surface area contributed by atoms with Gasteiger partial charge in [0, 0.05) is 31.8 Å². The second kappa shape index (κ2) is 9.06. The molecule has 150 valence electrons. The maximum atomic E-state index is 13.1. The standard InChI is InChI=1S/C22H28N2O4/c1-15-6-8-18(9-7-15)23-21(25)10-11-24(14-19-5-4-12-27-19)22(26)20-13-16(2)28-17(20)3/h6-9,13,19H,4-5,10-12,14H2,1-3H3,(H,23,25)/t19-/m0/s1. The summed E-state index contributed by atoms with van der Waals surface area (Å²) in [7, 11) is 0. The Labute approximate surface area is 165 Å². The Hall–Kier alpha value is -2.60. The summed E-state index contributed by atoms with van der Waals surface area (Å²) in [5, 5.41) is 2.89. The van der Waals surface area contributed by atoms with Crippen LogP contribution in [-0.2, 0) is 9.53 Å². The van der Waals surface area contributed by atoms with Gasteiger partial charge in [-0.2, -0.15) is 0 Å². The Kier molecular flexibility index (Phi) is 6.52. The highest BCUT2D eigenvalue weighted by Gasteiger charge is 2.26. The maximum Gasteiger partial charge on any atom is 0.257 e. The van der Waals surface area contributed by atoms with Gasteiger partial charge in [-0.25, -0.2) is 0 Å². The smallest absolute Gasteiger partial charge is 0.257 e. The number of carbonyl (C=O) groups is 2. The molecular weight excluding hydrogens is 356 g/mol. The van der Waals surface area contributed by atoms with Crippen LogP contribution in [0.5, 0.6) is 0 Å². The summed E-state index contributed by atoms with van der Waals surface area (Å²) < 4.78 is 11.2. The lowest BCUT2D eigenvalue weighted by Crippen LogP contribution is -2.39. The molecule has 0 spiro atoms. The molecule has 1 aliphatic heterocycles. The molecule has 2 amide bonds. The summed E-state index contributed by atoms with van der Waals surface area (Å²) >= 11 is 0. The maximum absolute atomic E-state index is 13.1. The van der Waals surface area contributed by atoms with E-state index in [-0.39, 0.29) is 24.3 Å². The zero-order valence-electron chi connectivity index (χ0n) is 16.8. The minimum absolute atomic E-state index is 0.0254. The van der Waals surface area contributed by atoms with E-state index in [1.807, 2.05) is 38.1 Å². The molecule has 0 aliphatic carbocycles. The van der Waals surface area contributed by atoms with Gasteiger partial charge in [-0.1, -0.05) is 17.7 Å². The lowest BCUT2D eigenvalue weighted by atomic mass is 10.1. The fourth-order valence-electron chi connectivity index (χ4n) is 3.42. The molecule has 1 saturated heterocycles. The largest absolute Gasteiger partial charge is 0.466 e. The summed E-state index contributed by atoms with van der Waals surface area (Å²) in [5.74, 6) is 1.07. The first-order valence-electron chi connectivity index (χ1n) is 9.77. The van der Waals surface area contributed by atoms with Crippen LogP contribution in [0.2, 0.25) is 0 Å². The van der Waals surface area contributed by atoms with Gasteiger partial charge >= 0.3 is 0 Å². The third-order valence-corrected chi connectivity index (χ3v) is 4.95. The van der Waals surface area contributed by atoms with Gasteiger partial charge in [0.1, 0.15) is 11.5 Å². The van der Waals surface area contributed by atoms with Gasteiger partial charge in [0.15, 0.2) is 0 Å². The molecule has 6 nitrogen and oxygen atoms in total. The van der Waals surface area contributed by atoms with Crippen LogP contribution < -0.4 is 5.32 Å². The predicted molar refractivity (Wildman–Crippen MR) is 107 cm³/mol. The molecule has 0 unspecified atom stereocenters. The molecule has 6 heteroatoms. The Bertz CT molecular complexity index is 820. The zero-order valence-corrected chi connectivity index (χ0v) is 16.8. The number of carbonyl (C=O) groups excluding carboxylic acids is 2. The van der Waals surface area contributed by atoms with Crippen LogP contribution >= 0.6 is 0 Å². The minimum atomic E-state index is -0.118. The highest BCUT2D eigenvalue weighted by molar-refractivity contribution is 5.96. The van der Waals surface area contributed by atoms with Crippen molar-refractivity contribution in [1.82, 2.24) is 4.90 Å². The van der Waals surface area contributed by atoms with Crippen molar-refractivity contribution in [3.8, 4) is 0 Å². The van der Waals surface area contributed by atoms with E-state index < -0.39 is 0 Å². The Morgan fingerprint density at radius 2 is 1.93 bits per heavy atom. The van der Waals surface area contributed by atoms with Crippen LogP contribution in [0, 0.1) is 20.8 Å². The van der Waals surface area contributed by atoms with Crippen molar-refractivity contribution in [1.29, 1.82) is 0 Å². The lowest BCUT2D eigenvalue weighted by molar-refractivity contribution is -0.116. The molecule has 1 aliphatic rings. The molecule has 3 rings (SSSR count). The van der Waals surface area contributed by atoms with Crippen LogP contribution in [0.3, 0.4) is 0 Å². The number of rotatable bonds is 7. The Balaban J connectivity index is 1.64. The fourth-order valence-corrected chi connectivity index (χ4v) is 3.42. The van der Waals surface area contributed by atoms with Crippen LogP contribution in [0.25, 0.3) is 0 Å². The van der Waals surface area contributed by atoms with Crippen molar-refractivity contribution in [2.45, 2.75) is 46.1 Å². The van der Waals surface area contributed by atoms with E-state index >= 15 is 0 Å². The normalized spacial score (nSPS) is 16.2. The number of furan rings is 1. The molecule has 1 aromatic heterocycles. The van der Waals surface area contributed by atoms with E-state index in [0.29, 0.717) is 30.2 Å². The van der Waals surface area contributed by atoms with Gasteiger partial charge in [0.05, 0.1) is 11.7 Å². The number of benzene rings is 1. The Morgan fingerprint density at radius 1 is 1.18 bits per heavy atom. The van der Waals surface area contributed by atoms with Crippen molar-refractivity contribution in [2.75, 3.05) is 25.0 Å². The molecule has 2 aromatic rings. The number of hydrogen-bond donors (Lipinski definition) is 1. The molecule has 28 heavy (non-hydrogen) atoms. The number of hydrogen-bond acceptors (Lipinski definition) is 4. The third-order valence-electron chi connectivity index (χ3n) is 4.95. The van der Waals surface area contributed by atoms with Gasteiger partial charge in [-0.15, -0.1) is 0 Å². The van der Waals surface area contributed by atoms with E-state index in [9.17, 15) is 9.59 Å². The van der Waals surface area contributed by atoms with E-state index in [1.54, 1.807) is 17.9 Å². The molecule has 1 N–H and O–H groups in total. The van der Waals surface area contributed by atoms with Crippen LogP contribution in [-0.4, -0.2) is 42.5 Å². The Morgan fingerprint density at radius 3 is 2.54 bits per heavy atom. The summed E-state index contributed by atoms with van der Waals surface area (Å²) in [6.07, 6.45) is 2.19. The zero-order chi connectivity index (χ0) is 20.1. The number of aryl methyl sites for hydroxylation is 3. The van der Waals surface area contributed by atoms with Crippen molar-refractivity contribution < 1.29 is 18.7 Å². The number of nitrogens with one attached hydrogen (secondary N) is 1. The molecule has 0 saturated carbocycles. The molecule has 1 fully saturated rings. The third kappa shape index (κ3) is 5.23. The van der Waals surface area contributed by atoms with Crippen LogP contribution in [0.4, 0.5) is 5.69 Å².